The first-order valence-corrected chi connectivity index (χ1v) is 20.5. The van der Waals surface area contributed by atoms with E-state index >= 15 is 0 Å². The van der Waals surface area contributed by atoms with Crippen LogP contribution in [0, 0.1) is 17.8 Å². The smallest absolute Gasteiger partial charge is 0.408 e. The highest BCUT2D eigenvalue weighted by Gasteiger charge is 2.62. The number of nitrogens with one attached hydrogen (secondary N) is 3. The van der Waals surface area contributed by atoms with E-state index in [-0.39, 0.29) is 37.1 Å². The van der Waals surface area contributed by atoms with Gasteiger partial charge in [0.15, 0.2) is 0 Å². The van der Waals surface area contributed by atoms with Gasteiger partial charge in [-0.2, -0.15) is 0 Å². The monoisotopic (exact) mass is 768 g/mol. The van der Waals surface area contributed by atoms with Crippen molar-refractivity contribution in [3.05, 3.63) is 36.4 Å². The van der Waals surface area contributed by atoms with Crippen molar-refractivity contribution in [1.82, 2.24) is 30.5 Å². The van der Waals surface area contributed by atoms with Gasteiger partial charge in [0.25, 0.3) is 5.91 Å². The third-order valence-corrected chi connectivity index (χ3v) is 12.3. The predicted molar refractivity (Wildman–Crippen MR) is 199 cm³/mol. The van der Waals surface area contributed by atoms with E-state index in [1.165, 1.54) is 4.90 Å². The van der Waals surface area contributed by atoms with Crippen molar-refractivity contribution in [2.24, 2.45) is 17.8 Å². The van der Waals surface area contributed by atoms with Gasteiger partial charge in [-0.25, -0.2) is 13.2 Å². The van der Waals surface area contributed by atoms with Crippen LogP contribution in [0.4, 0.5) is 4.79 Å². The zero-order chi connectivity index (χ0) is 39.0. The molecule has 16 heteroatoms. The molecule has 2 aliphatic heterocycles. The number of hydrogen-bond donors (Lipinski definition) is 3. The average molecular weight is 769 g/mol. The molecular formula is C38H52N6O9S. The fourth-order valence-electron chi connectivity index (χ4n) is 7.48. The van der Waals surface area contributed by atoms with E-state index in [1.54, 1.807) is 20.8 Å². The van der Waals surface area contributed by atoms with Crippen molar-refractivity contribution in [1.29, 1.82) is 0 Å². The van der Waals surface area contributed by atoms with E-state index in [2.05, 4.69) is 32.5 Å². The maximum atomic E-state index is 14.7. The van der Waals surface area contributed by atoms with Crippen LogP contribution in [0.5, 0.6) is 11.8 Å². The number of hydrogen-bond acceptors (Lipinski definition) is 11. The minimum atomic E-state index is -3.90. The van der Waals surface area contributed by atoms with Gasteiger partial charge >= 0.3 is 6.09 Å². The molecule has 54 heavy (non-hydrogen) atoms. The lowest BCUT2D eigenvalue weighted by molar-refractivity contribution is -0.142. The van der Waals surface area contributed by atoms with Crippen LogP contribution in [0.2, 0.25) is 0 Å². The molecule has 1 saturated heterocycles. The van der Waals surface area contributed by atoms with Crippen LogP contribution in [0.1, 0.15) is 86.5 Å². The van der Waals surface area contributed by atoms with Crippen LogP contribution in [0.15, 0.2) is 36.4 Å². The Bertz CT molecular complexity index is 1910. The molecule has 0 unspecified atom stereocenters. The molecule has 1 aromatic carbocycles. The minimum Gasteiger partial charge on any atom is -0.476 e. The van der Waals surface area contributed by atoms with Crippen molar-refractivity contribution in [3.8, 4) is 11.8 Å². The number of allylic oxidation sites excluding steroid dienone is 1. The summed E-state index contributed by atoms with van der Waals surface area (Å²) in [6, 6.07) is 5.12. The summed E-state index contributed by atoms with van der Waals surface area (Å²) in [5.41, 5.74) is -2.34. The molecule has 1 aromatic heterocycles. The highest BCUT2D eigenvalue weighted by molar-refractivity contribution is 7.91. The number of sulfonamides is 1. The second kappa shape index (κ2) is 15.3. The Labute approximate surface area is 316 Å². The Balaban J connectivity index is 1.35. The van der Waals surface area contributed by atoms with Crippen molar-refractivity contribution in [2.45, 2.75) is 121 Å². The zero-order valence-electron chi connectivity index (χ0n) is 31.8. The van der Waals surface area contributed by atoms with Gasteiger partial charge in [-0.05, 0) is 90.2 Å². The van der Waals surface area contributed by atoms with Gasteiger partial charge < -0.3 is 29.7 Å². The van der Waals surface area contributed by atoms with Gasteiger partial charge in [0.05, 0.1) is 29.2 Å². The molecule has 294 valence electrons. The topological polar surface area (TPSA) is 195 Å². The Morgan fingerprint density at radius 3 is 2.39 bits per heavy atom. The molecule has 7 atom stereocenters. The molecule has 6 rings (SSSR count). The van der Waals surface area contributed by atoms with Crippen molar-refractivity contribution in [3.63, 3.8) is 0 Å². The zero-order valence-corrected chi connectivity index (χ0v) is 32.6. The van der Waals surface area contributed by atoms with Gasteiger partial charge in [0.1, 0.15) is 29.3 Å². The lowest BCUT2D eigenvalue weighted by Crippen LogP contribution is -2.59. The van der Waals surface area contributed by atoms with E-state index in [0.29, 0.717) is 48.9 Å². The molecule has 0 bridgehead atoms. The van der Waals surface area contributed by atoms with Crippen LogP contribution in [0.3, 0.4) is 0 Å². The van der Waals surface area contributed by atoms with Crippen molar-refractivity contribution >= 4 is 44.6 Å². The lowest BCUT2D eigenvalue weighted by Gasteiger charge is -2.33. The number of alkyl carbamates (subject to hydrolysis) is 1. The number of fused-ring (bicyclic) bond motifs is 3. The van der Waals surface area contributed by atoms with E-state index in [1.807, 2.05) is 50.3 Å². The molecule has 2 aromatic rings. The Morgan fingerprint density at radius 2 is 1.72 bits per heavy atom. The predicted octanol–water partition coefficient (Wildman–Crippen LogP) is 3.77. The number of amides is 4. The first kappa shape index (κ1) is 39.2. The molecular weight excluding hydrogens is 717 g/mol. The van der Waals surface area contributed by atoms with E-state index in [9.17, 15) is 27.6 Å². The van der Waals surface area contributed by atoms with Crippen LogP contribution in [-0.2, 0) is 29.1 Å². The Morgan fingerprint density at radius 1 is 1.04 bits per heavy atom. The SMILES string of the molecule is CCOc1nnc(O[C@@H]2C[C@H]3C(=O)N[C@]4(C(=O)NS(=O)(=O)C5CC5)C[C@H]4/C=C\CC[C@@H](C)C[C@@H](C)[C@H](NC(=O)OC(C)(C)C)C(=O)N3C2)c2ccccc12. The number of rotatable bonds is 8. The third-order valence-electron chi connectivity index (χ3n) is 10.5. The first-order chi connectivity index (χ1) is 25.5. The highest BCUT2D eigenvalue weighted by Crippen LogP contribution is 2.46. The largest absolute Gasteiger partial charge is 0.476 e. The normalized spacial score (nSPS) is 29.8. The van der Waals surface area contributed by atoms with Gasteiger partial charge in [-0.1, -0.05) is 38.1 Å². The molecule has 2 aliphatic carbocycles. The van der Waals surface area contributed by atoms with Crippen molar-refractivity contribution < 1.29 is 41.8 Å². The summed E-state index contributed by atoms with van der Waals surface area (Å²) >= 11 is 0. The van der Waals surface area contributed by atoms with E-state index in [4.69, 9.17) is 14.2 Å². The third kappa shape index (κ3) is 8.74. The number of ether oxygens (including phenoxy) is 3. The quantitative estimate of drug-likeness (QED) is 0.331. The summed E-state index contributed by atoms with van der Waals surface area (Å²) in [5.74, 6) is -2.06. The minimum absolute atomic E-state index is 0.0172. The second-order valence-electron chi connectivity index (χ2n) is 16.2. The van der Waals surface area contributed by atoms with Crippen molar-refractivity contribution in [2.75, 3.05) is 13.2 Å². The summed E-state index contributed by atoms with van der Waals surface area (Å²) in [7, 11) is -3.90. The molecule has 4 amide bonds. The molecule has 0 spiro atoms. The first-order valence-electron chi connectivity index (χ1n) is 18.9. The Kier molecular flexibility index (Phi) is 11.1. The molecule has 3 N–H and O–H groups in total. The van der Waals surface area contributed by atoms with E-state index in [0.717, 1.165) is 6.42 Å². The van der Waals surface area contributed by atoms with Crippen LogP contribution in [-0.4, -0.2) is 95.1 Å². The number of carbonyl (C=O) groups excluding carboxylic acids is 4. The second-order valence-corrected chi connectivity index (χ2v) is 18.1. The van der Waals surface area contributed by atoms with Gasteiger partial charge in [0, 0.05) is 12.3 Å². The average Bonchev–Trinajstić information content (AvgIpc) is 4.02. The number of aromatic nitrogens is 2. The standard InChI is InChI=1S/C38H52N6O9S/c1-7-51-32-27-14-10-11-15-28(27)33(42-41-32)52-25-19-29-31(45)40-38(35(47)43-54(49,50)26-16-17-26)20-24(38)13-9-8-12-22(2)18-23(3)30(34(46)44(29)21-25)39-36(48)53-37(4,5)6/h9-11,13-15,22-26,29-30H,7-8,12,16-21H2,1-6H3,(H,39,48)(H,40,45)(H,43,47)/b13-9-/t22-,23-,24-,25-,29+,30+,38-/m1/s1. The summed E-state index contributed by atoms with van der Waals surface area (Å²) in [6.07, 6.45) is 5.49. The Hall–Kier alpha value is -4.47. The summed E-state index contributed by atoms with van der Waals surface area (Å²) in [5, 5.41) is 14.9. The molecule has 15 nitrogen and oxygen atoms in total. The maximum Gasteiger partial charge on any atom is 0.408 e. The van der Waals surface area contributed by atoms with Gasteiger partial charge in [-0.15, -0.1) is 10.2 Å². The number of nitrogens with zero attached hydrogens (tertiary/aromatic N) is 3. The van der Waals surface area contributed by atoms with E-state index < -0.39 is 74.3 Å². The van der Waals surface area contributed by atoms with Crippen LogP contribution < -0.4 is 24.8 Å². The van der Waals surface area contributed by atoms with Crippen LogP contribution >= 0.6 is 0 Å². The lowest BCUT2D eigenvalue weighted by atomic mass is 9.88. The summed E-state index contributed by atoms with van der Waals surface area (Å²) in [4.78, 5) is 57.5. The highest BCUT2D eigenvalue weighted by atomic mass is 32.2. The molecule has 2 saturated carbocycles. The van der Waals surface area contributed by atoms with Gasteiger partial charge in [0.2, 0.25) is 33.6 Å². The molecule has 3 fully saturated rings. The fourth-order valence-corrected chi connectivity index (χ4v) is 8.84. The fraction of sp³-hybridized carbons (Fsp3) is 0.632. The maximum absolute atomic E-state index is 14.7. The summed E-state index contributed by atoms with van der Waals surface area (Å²) < 4.78 is 45.6. The number of benzene rings is 1. The number of carbonyl (C=O) groups is 4. The summed E-state index contributed by atoms with van der Waals surface area (Å²) in [6.45, 7) is 11.3. The van der Waals surface area contributed by atoms with Crippen LogP contribution in [0.25, 0.3) is 10.8 Å². The molecule has 4 aliphatic rings. The molecule has 0 radical (unpaired) electrons. The van der Waals surface area contributed by atoms with Gasteiger partial charge in [-0.3, -0.25) is 19.1 Å². The molecule has 3 heterocycles.